The highest BCUT2D eigenvalue weighted by molar-refractivity contribution is 5.42. The number of hydrogen-bond acceptors (Lipinski definition) is 4. The molecule has 0 saturated heterocycles. The van der Waals surface area contributed by atoms with Crippen molar-refractivity contribution in [2.75, 3.05) is 20.2 Å². The Balaban J connectivity index is 2.64. The van der Waals surface area contributed by atoms with Crippen LogP contribution in [0.3, 0.4) is 0 Å². The Kier molecular flexibility index (Phi) is 5.08. The first-order valence-corrected chi connectivity index (χ1v) is 5.49. The van der Waals surface area contributed by atoms with Crippen LogP contribution in [0.4, 0.5) is 0 Å². The minimum Gasteiger partial charge on any atom is -0.504 e. The number of aromatic hydroxyl groups is 1. The molecule has 0 aliphatic heterocycles. The van der Waals surface area contributed by atoms with Gasteiger partial charge in [-0.1, -0.05) is 6.07 Å². The van der Waals surface area contributed by atoms with Crippen molar-refractivity contribution < 1.29 is 9.84 Å². The van der Waals surface area contributed by atoms with E-state index in [4.69, 9.17) is 10.5 Å². The topological polar surface area (TPSA) is 67.5 Å². The molecule has 4 N–H and O–H groups in total. The second-order valence-corrected chi connectivity index (χ2v) is 3.75. The number of methoxy groups -OCH3 is 1. The van der Waals surface area contributed by atoms with Gasteiger partial charge in [0.25, 0.3) is 0 Å². The predicted octanol–water partition coefficient (Wildman–Crippen LogP) is 1.40. The lowest BCUT2D eigenvalue weighted by Crippen LogP contribution is -2.21. The van der Waals surface area contributed by atoms with E-state index in [0.29, 0.717) is 12.3 Å². The molecule has 1 rings (SSSR count). The summed E-state index contributed by atoms with van der Waals surface area (Å²) in [5, 5.41) is 12.8. The number of nitrogens with one attached hydrogen (secondary N) is 1. The summed E-state index contributed by atoms with van der Waals surface area (Å²) in [5.74, 6) is 0.672. The van der Waals surface area contributed by atoms with Gasteiger partial charge in [0, 0.05) is 6.04 Å². The number of benzene rings is 1. The van der Waals surface area contributed by atoms with Crippen molar-refractivity contribution in [2.45, 2.75) is 19.4 Å². The zero-order valence-corrected chi connectivity index (χ0v) is 9.86. The first kappa shape index (κ1) is 12.8. The van der Waals surface area contributed by atoms with E-state index < -0.39 is 0 Å². The van der Waals surface area contributed by atoms with Gasteiger partial charge in [0.15, 0.2) is 11.5 Å². The first-order valence-electron chi connectivity index (χ1n) is 5.49. The summed E-state index contributed by atoms with van der Waals surface area (Å²) in [6, 6.07) is 5.60. The highest BCUT2D eigenvalue weighted by Crippen LogP contribution is 2.28. The van der Waals surface area contributed by atoms with Gasteiger partial charge in [-0.3, -0.25) is 0 Å². The highest BCUT2D eigenvalue weighted by atomic mass is 16.5. The average Bonchev–Trinajstić information content (AvgIpc) is 2.30. The third-order valence-corrected chi connectivity index (χ3v) is 2.54. The van der Waals surface area contributed by atoms with Crippen molar-refractivity contribution in [3.63, 3.8) is 0 Å². The molecule has 1 aromatic rings. The van der Waals surface area contributed by atoms with E-state index in [9.17, 15) is 5.11 Å². The summed E-state index contributed by atoms with van der Waals surface area (Å²) >= 11 is 0. The molecule has 4 heteroatoms. The van der Waals surface area contributed by atoms with Crippen molar-refractivity contribution in [2.24, 2.45) is 5.73 Å². The van der Waals surface area contributed by atoms with E-state index in [1.54, 1.807) is 13.2 Å². The Morgan fingerprint density at radius 3 is 2.88 bits per heavy atom. The van der Waals surface area contributed by atoms with E-state index in [-0.39, 0.29) is 11.8 Å². The lowest BCUT2D eigenvalue weighted by atomic mass is 10.1. The Hall–Kier alpha value is -1.26. The van der Waals surface area contributed by atoms with E-state index in [2.05, 4.69) is 12.2 Å². The number of rotatable bonds is 6. The van der Waals surface area contributed by atoms with Crippen molar-refractivity contribution in [3.05, 3.63) is 23.8 Å². The maximum Gasteiger partial charge on any atom is 0.160 e. The number of phenolic OH excluding ortho intramolecular Hbond substituents is 1. The lowest BCUT2D eigenvalue weighted by molar-refractivity contribution is 0.372. The van der Waals surface area contributed by atoms with Gasteiger partial charge in [0.2, 0.25) is 0 Å². The Morgan fingerprint density at radius 1 is 1.50 bits per heavy atom. The number of hydrogen-bond donors (Lipinski definition) is 3. The average molecular weight is 224 g/mol. The van der Waals surface area contributed by atoms with Crippen LogP contribution in [0.15, 0.2) is 18.2 Å². The third kappa shape index (κ3) is 3.40. The highest BCUT2D eigenvalue weighted by Gasteiger charge is 2.08. The Morgan fingerprint density at radius 2 is 2.25 bits per heavy atom. The molecule has 1 atom stereocenters. The smallest absolute Gasteiger partial charge is 0.160 e. The molecule has 0 heterocycles. The fourth-order valence-corrected chi connectivity index (χ4v) is 1.50. The van der Waals surface area contributed by atoms with E-state index in [0.717, 1.165) is 18.5 Å². The van der Waals surface area contributed by atoms with Gasteiger partial charge < -0.3 is 20.9 Å². The Bertz CT molecular complexity index is 329. The van der Waals surface area contributed by atoms with Crippen LogP contribution in [0.5, 0.6) is 11.5 Å². The standard InChI is InChI=1S/C12H20N2O2/c1-9(14-7-3-6-13)10-4-5-11(15)12(8-10)16-2/h4-5,8-9,14-15H,3,6-7,13H2,1-2H3. The Labute approximate surface area is 96.4 Å². The quantitative estimate of drug-likeness (QED) is 0.639. The molecule has 0 aliphatic rings. The summed E-state index contributed by atoms with van der Waals surface area (Å²) < 4.78 is 5.06. The second kappa shape index (κ2) is 6.35. The minimum absolute atomic E-state index is 0.167. The van der Waals surface area contributed by atoms with E-state index in [1.165, 1.54) is 0 Å². The van der Waals surface area contributed by atoms with Crippen LogP contribution >= 0.6 is 0 Å². The number of nitrogens with two attached hydrogens (primary N) is 1. The van der Waals surface area contributed by atoms with Crippen molar-refractivity contribution in [1.82, 2.24) is 5.32 Å². The molecule has 0 radical (unpaired) electrons. The molecular formula is C12H20N2O2. The van der Waals surface area contributed by atoms with Gasteiger partial charge in [-0.25, -0.2) is 0 Å². The molecule has 0 amide bonds. The molecule has 4 nitrogen and oxygen atoms in total. The van der Waals surface area contributed by atoms with E-state index >= 15 is 0 Å². The summed E-state index contributed by atoms with van der Waals surface area (Å²) in [4.78, 5) is 0. The molecule has 0 saturated carbocycles. The molecule has 0 aromatic heterocycles. The zero-order chi connectivity index (χ0) is 12.0. The second-order valence-electron chi connectivity index (χ2n) is 3.75. The predicted molar refractivity (Wildman–Crippen MR) is 64.7 cm³/mol. The van der Waals surface area contributed by atoms with Gasteiger partial charge in [0.1, 0.15) is 0 Å². The molecule has 16 heavy (non-hydrogen) atoms. The zero-order valence-electron chi connectivity index (χ0n) is 9.86. The van der Waals surface area contributed by atoms with Crippen LogP contribution in [0.1, 0.15) is 24.9 Å². The fourth-order valence-electron chi connectivity index (χ4n) is 1.50. The molecule has 0 aliphatic carbocycles. The van der Waals surface area contributed by atoms with Crippen molar-refractivity contribution >= 4 is 0 Å². The number of phenols is 1. The molecule has 1 unspecified atom stereocenters. The fraction of sp³-hybridized carbons (Fsp3) is 0.500. The monoisotopic (exact) mass is 224 g/mol. The molecule has 0 fully saturated rings. The maximum absolute atomic E-state index is 9.47. The molecule has 1 aromatic carbocycles. The van der Waals surface area contributed by atoms with Crippen molar-refractivity contribution in [3.8, 4) is 11.5 Å². The van der Waals surface area contributed by atoms with Gasteiger partial charge in [0.05, 0.1) is 7.11 Å². The van der Waals surface area contributed by atoms with Crippen LogP contribution < -0.4 is 15.8 Å². The third-order valence-electron chi connectivity index (χ3n) is 2.54. The largest absolute Gasteiger partial charge is 0.504 e. The lowest BCUT2D eigenvalue weighted by Gasteiger charge is -2.15. The van der Waals surface area contributed by atoms with Gasteiger partial charge >= 0.3 is 0 Å². The summed E-state index contributed by atoms with van der Waals surface area (Å²) in [6.07, 6.45) is 0.958. The van der Waals surface area contributed by atoms with Crippen LogP contribution in [0.25, 0.3) is 0 Å². The molecule has 90 valence electrons. The molecular weight excluding hydrogens is 204 g/mol. The van der Waals surface area contributed by atoms with Crippen LogP contribution in [-0.4, -0.2) is 25.3 Å². The summed E-state index contributed by atoms with van der Waals surface area (Å²) in [5.41, 5.74) is 6.52. The number of ether oxygens (including phenoxy) is 1. The molecule has 0 bridgehead atoms. The van der Waals surface area contributed by atoms with Gasteiger partial charge in [-0.15, -0.1) is 0 Å². The molecule has 0 spiro atoms. The van der Waals surface area contributed by atoms with Crippen LogP contribution in [0.2, 0.25) is 0 Å². The summed E-state index contributed by atoms with van der Waals surface area (Å²) in [7, 11) is 1.55. The maximum atomic E-state index is 9.47. The van der Waals surface area contributed by atoms with Crippen LogP contribution in [-0.2, 0) is 0 Å². The normalized spacial score (nSPS) is 12.4. The minimum atomic E-state index is 0.167. The van der Waals surface area contributed by atoms with Crippen molar-refractivity contribution in [1.29, 1.82) is 0 Å². The van der Waals surface area contributed by atoms with Crippen LogP contribution in [0, 0.1) is 0 Å². The van der Waals surface area contributed by atoms with E-state index in [1.807, 2.05) is 12.1 Å². The SMILES string of the molecule is COc1cc(C(C)NCCCN)ccc1O. The van der Waals surface area contributed by atoms with Gasteiger partial charge in [-0.05, 0) is 44.1 Å². The first-order chi connectivity index (χ1) is 7.69. The van der Waals surface area contributed by atoms with Gasteiger partial charge in [-0.2, -0.15) is 0 Å². The summed E-state index contributed by atoms with van der Waals surface area (Å²) in [6.45, 7) is 3.65.